The van der Waals surface area contributed by atoms with Crippen LogP contribution in [-0.2, 0) is 32.5 Å². The van der Waals surface area contributed by atoms with Gasteiger partial charge in [0.25, 0.3) is 0 Å². The minimum absolute atomic E-state index is 0.0879. The summed E-state index contributed by atoms with van der Waals surface area (Å²) in [6, 6.07) is 9.05. The van der Waals surface area contributed by atoms with Gasteiger partial charge in [0, 0.05) is 0 Å². The molecule has 0 aliphatic rings. The first-order valence-corrected chi connectivity index (χ1v) is 16.8. The monoisotopic (exact) mass is 625 g/mol. The van der Waals surface area contributed by atoms with E-state index < -0.39 is 31.3 Å². The van der Waals surface area contributed by atoms with Crippen LogP contribution in [-0.4, -0.2) is 35.1 Å². The van der Waals surface area contributed by atoms with Gasteiger partial charge in [-0.2, -0.15) is 0 Å². The summed E-state index contributed by atoms with van der Waals surface area (Å²) in [5.41, 5.74) is 5.60. The molecule has 4 nitrogen and oxygen atoms in total. The van der Waals surface area contributed by atoms with Crippen molar-refractivity contribution in [1.82, 2.24) is 0 Å². The predicted octanol–water partition coefficient (Wildman–Crippen LogP) is 9.55. The van der Waals surface area contributed by atoms with E-state index in [0.717, 1.165) is 22.4 Å². The van der Waals surface area contributed by atoms with E-state index in [1.165, 1.54) is 22.3 Å². The fourth-order valence-electron chi connectivity index (χ4n) is 6.27. The van der Waals surface area contributed by atoms with Crippen molar-refractivity contribution in [3.8, 4) is 5.75 Å². The summed E-state index contributed by atoms with van der Waals surface area (Å²) in [7, 11) is 0. The van der Waals surface area contributed by atoms with Crippen LogP contribution in [0.5, 0.6) is 5.75 Å². The van der Waals surface area contributed by atoms with E-state index in [1.807, 2.05) is 0 Å². The molecule has 45 heavy (non-hydrogen) atoms. The highest BCUT2D eigenvalue weighted by Gasteiger charge is 2.45. The molecule has 1 unspecified atom stereocenters. The lowest BCUT2D eigenvalue weighted by Crippen LogP contribution is -2.44. The third-order valence-electron chi connectivity index (χ3n) is 9.19. The number of hydrogen-bond donors (Lipinski definition) is 3. The number of ether oxygens (including phenoxy) is 1. The predicted molar refractivity (Wildman–Crippen MR) is 192 cm³/mol. The van der Waals surface area contributed by atoms with Gasteiger partial charge in [-0.25, -0.2) is 0 Å². The average molecular weight is 625 g/mol. The maximum absolute atomic E-state index is 11.0. The second-order valence-electron chi connectivity index (χ2n) is 19.7. The number of aliphatic hydroxyl groups excluding tert-OH is 3. The third kappa shape index (κ3) is 8.54. The number of aliphatic hydroxyl groups is 3. The number of rotatable bonds is 7. The van der Waals surface area contributed by atoms with Crippen LogP contribution >= 0.6 is 0 Å². The molecule has 0 aromatic heterocycles. The minimum atomic E-state index is -1.34. The molecule has 0 heterocycles. The summed E-state index contributed by atoms with van der Waals surface area (Å²) < 4.78 is 7.25. The van der Waals surface area contributed by atoms with E-state index in [1.54, 1.807) is 0 Å². The molecule has 2 rings (SSSR count). The minimum Gasteiger partial charge on any atom is -0.485 e. The van der Waals surface area contributed by atoms with Crippen molar-refractivity contribution in [3.63, 3.8) is 0 Å². The van der Waals surface area contributed by atoms with Crippen molar-refractivity contribution in [1.29, 1.82) is 0 Å². The molecule has 0 radical (unpaired) electrons. The fourth-order valence-corrected chi connectivity index (χ4v) is 6.27. The Kier molecular flexibility index (Phi) is 11.0. The normalized spacial score (nSPS) is 15.0. The van der Waals surface area contributed by atoms with Gasteiger partial charge in [-0.1, -0.05) is 143 Å². The lowest BCUT2D eigenvalue weighted by atomic mass is 9.68. The molecule has 0 spiro atoms. The molecule has 0 aliphatic heterocycles. The van der Waals surface area contributed by atoms with Gasteiger partial charge in [-0.3, -0.25) is 0 Å². The zero-order valence-electron chi connectivity index (χ0n) is 32.3. The van der Waals surface area contributed by atoms with Crippen molar-refractivity contribution in [2.45, 2.75) is 163 Å². The first kappa shape index (κ1) is 39.3. The van der Waals surface area contributed by atoms with E-state index in [2.05, 4.69) is 149 Å². The Morgan fingerprint density at radius 3 is 1.02 bits per heavy atom. The SMILES string of the molecule is CC(C)(C)c1cc(C(C)(C)C)c(C(C)(C)C)cc1OC(c1cc(C(C)(C)C)c(C(C)(C)C)cc1C(C)(C)C)C(CO)(CO)CO. The Labute approximate surface area is 277 Å². The first-order valence-electron chi connectivity index (χ1n) is 16.8. The maximum atomic E-state index is 11.0. The van der Waals surface area contributed by atoms with E-state index in [0.29, 0.717) is 0 Å². The topological polar surface area (TPSA) is 69.9 Å². The molecule has 0 aliphatic carbocycles. The Morgan fingerprint density at radius 2 is 0.711 bits per heavy atom. The van der Waals surface area contributed by atoms with Crippen molar-refractivity contribution in [2.24, 2.45) is 5.41 Å². The highest BCUT2D eigenvalue weighted by atomic mass is 16.5. The van der Waals surface area contributed by atoms with Gasteiger partial charge in [0.05, 0.1) is 25.2 Å². The zero-order chi connectivity index (χ0) is 35.4. The van der Waals surface area contributed by atoms with Crippen molar-refractivity contribution in [3.05, 3.63) is 63.2 Å². The highest BCUT2D eigenvalue weighted by molar-refractivity contribution is 5.53. The van der Waals surface area contributed by atoms with Crippen LogP contribution in [0.1, 0.15) is 170 Å². The Hall–Kier alpha value is -1.88. The van der Waals surface area contributed by atoms with E-state index >= 15 is 0 Å². The Balaban J connectivity index is 3.24. The molecule has 1 atom stereocenters. The third-order valence-corrected chi connectivity index (χ3v) is 9.19. The maximum Gasteiger partial charge on any atom is 0.136 e. The van der Waals surface area contributed by atoms with Crippen molar-refractivity contribution >= 4 is 0 Å². The summed E-state index contributed by atoms with van der Waals surface area (Å²) in [4.78, 5) is 0. The second kappa shape index (κ2) is 12.6. The van der Waals surface area contributed by atoms with Gasteiger partial charge in [-0.05, 0) is 77.5 Å². The van der Waals surface area contributed by atoms with Gasteiger partial charge >= 0.3 is 0 Å². The zero-order valence-corrected chi connectivity index (χ0v) is 32.3. The molecule has 0 bridgehead atoms. The van der Waals surface area contributed by atoms with Gasteiger partial charge in [0.2, 0.25) is 0 Å². The smallest absolute Gasteiger partial charge is 0.136 e. The fraction of sp³-hybridized carbons (Fsp3) is 0.707. The first-order chi connectivity index (χ1) is 20.0. The summed E-state index contributed by atoms with van der Waals surface area (Å²) in [6.07, 6.45) is -0.823. The lowest BCUT2D eigenvalue weighted by molar-refractivity contribution is -0.0752. The Bertz CT molecular complexity index is 1310. The van der Waals surface area contributed by atoms with Crippen molar-refractivity contribution < 1.29 is 20.1 Å². The summed E-state index contributed by atoms with van der Waals surface area (Å²) in [5, 5.41) is 32.9. The van der Waals surface area contributed by atoms with Crippen LogP contribution in [0, 0.1) is 5.41 Å². The molecule has 2 aromatic rings. The summed E-state index contributed by atoms with van der Waals surface area (Å²) >= 11 is 0. The van der Waals surface area contributed by atoms with Crippen molar-refractivity contribution in [2.75, 3.05) is 19.8 Å². The van der Waals surface area contributed by atoms with Gasteiger partial charge < -0.3 is 20.1 Å². The van der Waals surface area contributed by atoms with E-state index in [9.17, 15) is 15.3 Å². The van der Waals surface area contributed by atoms with Crippen LogP contribution in [0.25, 0.3) is 0 Å². The van der Waals surface area contributed by atoms with Crippen LogP contribution in [0.15, 0.2) is 24.3 Å². The highest BCUT2D eigenvalue weighted by Crippen LogP contribution is 2.49. The molecule has 2 aromatic carbocycles. The van der Waals surface area contributed by atoms with Crippen LogP contribution in [0.2, 0.25) is 0 Å². The molecule has 0 amide bonds. The molecule has 0 fully saturated rings. The molecule has 0 saturated carbocycles. The summed E-state index contributed by atoms with van der Waals surface area (Å²) in [6.45, 7) is 38.7. The van der Waals surface area contributed by atoms with Crippen LogP contribution in [0.4, 0.5) is 0 Å². The number of benzene rings is 2. The molecule has 3 N–H and O–H groups in total. The lowest BCUT2D eigenvalue weighted by Gasteiger charge is -2.42. The second-order valence-corrected chi connectivity index (χ2v) is 19.7. The van der Waals surface area contributed by atoms with Gasteiger partial charge in [0.1, 0.15) is 11.9 Å². The van der Waals surface area contributed by atoms with Gasteiger partial charge in [0.15, 0.2) is 0 Å². The molecule has 0 saturated heterocycles. The standard InChI is InChI=1S/C41H68O4/c1-35(2,3)27-20-29(37(7,8)9)28(36(4,5)6)19-26(27)34(41(23-42,24-43)25-44)45-33-22-31(39(13,14)15)30(38(10,11)12)21-32(33)40(16,17)18/h19-22,34,42-44H,23-25H2,1-18H3. The van der Waals surface area contributed by atoms with E-state index in [-0.39, 0.29) is 32.5 Å². The molecule has 256 valence electrons. The Morgan fingerprint density at radius 1 is 0.422 bits per heavy atom. The van der Waals surface area contributed by atoms with Crippen LogP contribution in [0.3, 0.4) is 0 Å². The quantitative estimate of drug-likeness (QED) is 0.287. The number of hydrogen-bond acceptors (Lipinski definition) is 4. The van der Waals surface area contributed by atoms with Crippen LogP contribution < -0.4 is 4.74 Å². The average Bonchev–Trinajstić information content (AvgIpc) is 2.84. The summed E-state index contributed by atoms with van der Waals surface area (Å²) in [5.74, 6) is 0.724. The molecular formula is C41H68O4. The van der Waals surface area contributed by atoms with E-state index in [4.69, 9.17) is 4.74 Å². The molecular weight excluding hydrogens is 556 g/mol. The molecule has 4 heteroatoms. The van der Waals surface area contributed by atoms with Gasteiger partial charge in [-0.15, -0.1) is 0 Å². The largest absolute Gasteiger partial charge is 0.485 e.